The summed E-state index contributed by atoms with van der Waals surface area (Å²) in [6.45, 7) is 2.30. The highest BCUT2D eigenvalue weighted by molar-refractivity contribution is 5.95. The van der Waals surface area contributed by atoms with Gasteiger partial charge in [0, 0.05) is 24.1 Å². The summed E-state index contributed by atoms with van der Waals surface area (Å²) in [6.07, 6.45) is 1.67. The lowest BCUT2D eigenvalue weighted by Gasteiger charge is -2.07. The molecule has 1 amide bonds. The number of benzene rings is 1. The molecule has 4 heteroatoms. The van der Waals surface area contributed by atoms with Crippen LogP contribution in [0.2, 0.25) is 0 Å². The minimum atomic E-state index is -0.113. The number of nitrogen functional groups attached to an aromatic ring is 1. The molecule has 1 heterocycles. The quantitative estimate of drug-likeness (QED) is 0.806. The Morgan fingerprint density at radius 3 is 2.67 bits per heavy atom. The summed E-state index contributed by atoms with van der Waals surface area (Å²) in [6, 6.07) is 10.9. The molecule has 0 radical (unpaired) electrons. The predicted octanol–water partition coefficient (Wildman–Crippen LogP) is 1.90. The molecule has 92 valence electrons. The molecule has 0 aliphatic carbocycles. The van der Waals surface area contributed by atoms with Crippen LogP contribution in [-0.4, -0.2) is 10.9 Å². The highest BCUT2D eigenvalue weighted by Crippen LogP contribution is 2.07. The summed E-state index contributed by atoms with van der Waals surface area (Å²) < 4.78 is 0. The highest BCUT2D eigenvalue weighted by atomic mass is 16.1. The van der Waals surface area contributed by atoms with Crippen molar-refractivity contribution in [3.8, 4) is 0 Å². The van der Waals surface area contributed by atoms with Crippen LogP contribution in [0.5, 0.6) is 0 Å². The third-order valence-electron chi connectivity index (χ3n) is 2.68. The topological polar surface area (TPSA) is 68.0 Å². The molecule has 18 heavy (non-hydrogen) atoms. The van der Waals surface area contributed by atoms with Crippen molar-refractivity contribution in [1.82, 2.24) is 10.3 Å². The summed E-state index contributed by atoms with van der Waals surface area (Å²) in [5.41, 5.74) is 8.66. The maximum atomic E-state index is 11.9. The van der Waals surface area contributed by atoms with Gasteiger partial charge in [-0.3, -0.25) is 9.78 Å². The molecular weight excluding hydrogens is 226 g/mol. The first-order valence-electron chi connectivity index (χ1n) is 5.71. The van der Waals surface area contributed by atoms with Gasteiger partial charge in [0.05, 0.1) is 5.56 Å². The molecular formula is C14H15N3O. The van der Waals surface area contributed by atoms with Crippen LogP contribution in [0.1, 0.15) is 21.6 Å². The molecule has 0 bridgehead atoms. The first-order chi connectivity index (χ1) is 8.66. The molecule has 2 rings (SSSR count). The number of rotatable bonds is 3. The van der Waals surface area contributed by atoms with E-state index >= 15 is 0 Å². The van der Waals surface area contributed by atoms with Crippen LogP contribution in [0, 0.1) is 6.92 Å². The van der Waals surface area contributed by atoms with Crippen LogP contribution < -0.4 is 11.1 Å². The fourth-order valence-electron chi connectivity index (χ4n) is 1.64. The lowest BCUT2D eigenvalue weighted by atomic mass is 10.1. The zero-order chi connectivity index (χ0) is 13.0. The summed E-state index contributed by atoms with van der Waals surface area (Å²) in [4.78, 5) is 16.0. The maximum Gasteiger partial charge on any atom is 0.253 e. The third-order valence-corrected chi connectivity index (χ3v) is 2.68. The molecule has 0 fully saturated rings. The average Bonchev–Trinajstić information content (AvgIpc) is 2.38. The number of anilines is 1. The zero-order valence-electron chi connectivity index (χ0n) is 10.2. The molecule has 0 atom stereocenters. The Labute approximate surface area is 106 Å². The predicted molar refractivity (Wildman–Crippen MR) is 71.0 cm³/mol. The number of nitrogens with one attached hydrogen (secondary N) is 1. The Balaban J connectivity index is 2.01. The number of carbonyl (C=O) groups is 1. The summed E-state index contributed by atoms with van der Waals surface area (Å²) in [5, 5.41) is 2.86. The van der Waals surface area contributed by atoms with E-state index in [4.69, 9.17) is 5.73 Å². The van der Waals surface area contributed by atoms with Gasteiger partial charge in [-0.25, -0.2) is 0 Å². The lowest BCUT2D eigenvalue weighted by Crippen LogP contribution is -2.23. The van der Waals surface area contributed by atoms with Gasteiger partial charge in [0.1, 0.15) is 0 Å². The van der Waals surface area contributed by atoms with Crippen molar-refractivity contribution in [3.63, 3.8) is 0 Å². The zero-order valence-corrected chi connectivity index (χ0v) is 10.2. The molecule has 1 aromatic heterocycles. The SMILES string of the molecule is Cc1ncccc1C(=O)NCc1ccc(N)cc1. The lowest BCUT2D eigenvalue weighted by molar-refractivity contribution is 0.0950. The van der Waals surface area contributed by atoms with E-state index in [9.17, 15) is 4.79 Å². The monoisotopic (exact) mass is 241 g/mol. The number of hydrogen-bond donors (Lipinski definition) is 2. The number of aryl methyl sites for hydroxylation is 1. The number of nitrogens with zero attached hydrogens (tertiary/aromatic N) is 1. The van der Waals surface area contributed by atoms with Crippen molar-refractivity contribution in [2.24, 2.45) is 0 Å². The van der Waals surface area contributed by atoms with E-state index in [0.717, 1.165) is 11.3 Å². The van der Waals surface area contributed by atoms with Gasteiger partial charge in [-0.05, 0) is 36.8 Å². The number of aromatic nitrogens is 1. The van der Waals surface area contributed by atoms with E-state index in [2.05, 4.69) is 10.3 Å². The Kier molecular flexibility index (Phi) is 3.57. The molecule has 4 nitrogen and oxygen atoms in total. The van der Waals surface area contributed by atoms with Crippen LogP contribution in [0.25, 0.3) is 0 Å². The number of pyridine rings is 1. The van der Waals surface area contributed by atoms with Crippen molar-refractivity contribution in [3.05, 3.63) is 59.4 Å². The Hall–Kier alpha value is -2.36. The van der Waals surface area contributed by atoms with E-state index in [0.29, 0.717) is 17.8 Å². The number of nitrogens with two attached hydrogens (primary N) is 1. The van der Waals surface area contributed by atoms with E-state index in [-0.39, 0.29) is 5.91 Å². The standard InChI is InChI=1S/C14H15N3O/c1-10-13(3-2-8-16-10)14(18)17-9-11-4-6-12(15)7-5-11/h2-8H,9,15H2,1H3,(H,17,18). The first kappa shape index (κ1) is 12.1. The summed E-state index contributed by atoms with van der Waals surface area (Å²) in [7, 11) is 0. The van der Waals surface area contributed by atoms with Crippen LogP contribution in [-0.2, 0) is 6.54 Å². The van der Waals surface area contributed by atoms with Crippen LogP contribution in [0.3, 0.4) is 0 Å². The number of carbonyl (C=O) groups excluding carboxylic acids is 1. The average molecular weight is 241 g/mol. The molecule has 3 N–H and O–H groups in total. The molecule has 0 spiro atoms. The number of hydrogen-bond acceptors (Lipinski definition) is 3. The van der Waals surface area contributed by atoms with Crippen molar-refractivity contribution < 1.29 is 4.79 Å². The molecule has 0 aliphatic heterocycles. The second-order valence-electron chi connectivity index (χ2n) is 4.06. The van der Waals surface area contributed by atoms with Crippen molar-refractivity contribution in [2.45, 2.75) is 13.5 Å². The summed E-state index contributed by atoms with van der Waals surface area (Å²) >= 11 is 0. The smallest absolute Gasteiger partial charge is 0.253 e. The Bertz CT molecular complexity index is 549. The van der Waals surface area contributed by atoms with Crippen LogP contribution in [0.15, 0.2) is 42.6 Å². The Morgan fingerprint density at radius 2 is 2.00 bits per heavy atom. The van der Waals surface area contributed by atoms with Gasteiger partial charge < -0.3 is 11.1 Å². The summed E-state index contributed by atoms with van der Waals surface area (Å²) in [5.74, 6) is -0.113. The second-order valence-corrected chi connectivity index (χ2v) is 4.06. The fraction of sp³-hybridized carbons (Fsp3) is 0.143. The first-order valence-corrected chi connectivity index (χ1v) is 5.71. The van der Waals surface area contributed by atoms with E-state index in [1.54, 1.807) is 18.3 Å². The third kappa shape index (κ3) is 2.85. The molecule has 2 aromatic rings. The van der Waals surface area contributed by atoms with Crippen molar-refractivity contribution in [1.29, 1.82) is 0 Å². The van der Waals surface area contributed by atoms with Gasteiger partial charge in [-0.1, -0.05) is 12.1 Å². The molecule has 0 unspecified atom stereocenters. The van der Waals surface area contributed by atoms with E-state index in [1.165, 1.54) is 0 Å². The van der Waals surface area contributed by atoms with Crippen LogP contribution >= 0.6 is 0 Å². The van der Waals surface area contributed by atoms with Gasteiger partial charge in [-0.2, -0.15) is 0 Å². The minimum Gasteiger partial charge on any atom is -0.399 e. The van der Waals surface area contributed by atoms with E-state index in [1.807, 2.05) is 31.2 Å². The van der Waals surface area contributed by atoms with Crippen molar-refractivity contribution in [2.75, 3.05) is 5.73 Å². The molecule has 0 aliphatic rings. The highest BCUT2D eigenvalue weighted by Gasteiger charge is 2.08. The van der Waals surface area contributed by atoms with Crippen LogP contribution in [0.4, 0.5) is 5.69 Å². The van der Waals surface area contributed by atoms with Gasteiger partial charge in [0.15, 0.2) is 0 Å². The second kappa shape index (κ2) is 5.31. The largest absolute Gasteiger partial charge is 0.399 e. The fourth-order valence-corrected chi connectivity index (χ4v) is 1.64. The Morgan fingerprint density at radius 1 is 1.28 bits per heavy atom. The van der Waals surface area contributed by atoms with E-state index < -0.39 is 0 Å². The maximum absolute atomic E-state index is 11.9. The number of amides is 1. The van der Waals surface area contributed by atoms with Gasteiger partial charge in [0.25, 0.3) is 5.91 Å². The van der Waals surface area contributed by atoms with Gasteiger partial charge in [0.2, 0.25) is 0 Å². The normalized spacial score (nSPS) is 10.1. The van der Waals surface area contributed by atoms with Gasteiger partial charge in [-0.15, -0.1) is 0 Å². The molecule has 1 aromatic carbocycles. The molecule has 0 saturated heterocycles. The molecule has 0 saturated carbocycles. The van der Waals surface area contributed by atoms with Gasteiger partial charge >= 0.3 is 0 Å². The van der Waals surface area contributed by atoms with Crippen molar-refractivity contribution >= 4 is 11.6 Å². The minimum absolute atomic E-state index is 0.113.